The second-order valence-electron chi connectivity index (χ2n) is 11.8. The van der Waals surface area contributed by atoms with Crippen LogP contribution in [-0.4, -0.2) is 44.4 Å². The third kappa shape index (κ3) is 5.71. The van der Waals surface area contributed by atoms with E-state index in [1.54, 1.807) is 5.38 Å². The Kier molecular flexibility index (Phi) is 8.75. The standard InChI is InChI=1S/C33H36F2N2O3SSi/c1-22-19-37(20-23(2)40-22)30-24(18-27(28(34)29(30)35)31(38)32-36-16-17-41-32)21-39-42(33(3,4)5,25-12-8-6-9-13-25)26-14-10-7-11-15-26/h6-18,22-23H,19-21H2,1-5H3/t22-,23-/m1/s1. The maximum absolute atomic E-state index is 16.2. The van der Waals surface area contributed by atoms with Gasteiger partial charge in [0, 0.05) is 30.2 Å². The van der Waals surface area contributed by atoms with E-state index >= 15 is 8.78 Å². The average molecular weight is 607 g/mol. The highest BCUT2D eigenvalue weighted by Gasteiger charge is 2.50. The van der Waals surface area contributed by atoms with Gasteiger partial charge in [0.1, 0.15) is 0 Å². The number of hydrogen-bond donors (Lipinski definition) is 0. The molecule has 0 radical (unpaired) electrons. The second kappa shape index (κ2) is 12.2. The average Bonchev–Trinajstić information content (AvgIpc) is 3.50. The number of carbonyl (C=O) groups is 1. The van der Waals surface area contributed by atoms with Gasteiger partial charge in [0.05, 0.1) is 30.1 Å². The van der Waals surface area contributed by atoms with E-state index in [0.717, 1.165) is 21.7 Å². The minimum Gasteiger partial charge on any atom is -0.403 e. The van der Waals surface area contributed by atoms with Crippen molar-refractivity contribution in [1.82, 2.24) is 4.98 Å². The van der Waals surface area contributed by atoms with Crippen molar-refractivity contribution in [3.05, 3.63) is 106 Å². The van der Waals surface area contributed by atoms with Crippen molar-refractivity contribution >= 4 is 41.5 Å². The zero-order valence-corrected chi connectivity index (χ0v) is 26.4. The van der Waals surface area contributed by atoms with Crippen molar-refractivity contribution in [3.63, 3.8) is 0 Å². The molecule has 3 aromatic carbocycles. The number of rotatable bonds is 8. The molecule has 1 fully saturated rings. The third-order valence-corrected chi connectivity index (χ3v) is 13.5. The van der Waals surface area contributed by atoms with Crippen LogP contribution in [0.15, 0.2) is 78.3 Å². The molecule has 1 aromatic heterocycles. The Bertz CT molecular complexity index is 1480. The van der Waals surface area contributed by atoms with E-state index in [0.29, 0.717) is 18.7 Å². The highest BCUT2D eigenvalue weighted by Crippen LogP contribution is 2.39. The van der Waals surface area contributed by atoms with E-state index in [-0.39, 0.29) is 40.1 Å². The van der Waals surface area contributed by atoms with Crippen molar-refractivity contribution < 1.29 is 22.7 Å². The van der Waals surface area contributed by atoms with Gasteiger partial charge in [-0.05, 0) is 35.3 Å². The fourth-order valence-corrected chi connectivity index (χ4v) is 11.2. The monoisotopic (exact) mass is 606 g/mol. The third-order valence-electron chi connectivity index (χ3n) is 7.73. The van der Waals surface area contributed by atoms with Gasteiger partial charge in [0.25, 0.3) is 8.32 Å². The zero-order chi connectivity index (χ0) is 30.1. The summed E-state index contributed by atoms with van der Waals surface area (Å²) in [6.07, 6.45) is 1.11. The van der Waals surface area contributed by atoms with E-state index in [1.807, 2.05) is 55.1 Å². The molecule has 0 amide bonds. The molecule has 0 saturated carbocycles. The van der Waals surface area contributed by atoms with Crippen LogP contribution in [0.4, 0.5) is 14.5 Å². The zero-order valence-electron chi connectivity index (χ0n) is 24.6. The van der Waals surface area contributed by atoms with E-state index in [9.17, 15) is 4.79 Å². The first kappa shape index (κ1) is 30.2. The van der Waals surface area contributed by atoms with Crippen LogP contribution in [0.1, 0.15) is 55.5 Å². The maximum Gasteiger partial charge on any atom is 0.261 e. The van der Waals surface area contributed by atoms with Crippen LogP contribution in [0.5, 0.6) is 0 Å². The first-order chi connectivity index (χ1) is 20.0. The van der Waals surface area contributed by atoms with Crippen molar-refractivity contribution in [2.24, 2.45) is 0 Å². The second-order valence-corrected chi connectivity index (χ2v) is 17.0. The number of carbonyl (C=O) groups excluding carboxylic acids is 1. The van der Waals surface area contributed by atoms with Crippen LogP contribution in [0.3, 0.4) is 0 Å². The van der Waals surface area contributed by atoms with E-state index < -0.39 is 25.7 Å². The molecule has 2 atom stereocenters. The van der Waals surface area contributed by atoms with Crippen LogP contribution < -0.4 is 15.3 Å². The fraction of sp³-hybridized carbons (Fsp3) is 0.333. The lowest BCUT2D eigenvalue weighted by Crippen LogP contribution is -2.66. The molecular formula is C33H36F2N2O3SSi. The minimum absolute atomic E-state index is 0.0158. The molecule has 0 unspecified atom stereocenters. The number of ketones is 1. The quantitative estimate of drug-likeness (QED) is 0.173. The number of nitrogens with zero attached hydrogens (tertiary/aromatic N) is 2. The van der Waals surface area contributed by atoms with E-state index in [4.69, 9.17) is 9.16 Å². The molecule has 9 heteroatoms. The van der Waals surface area contributed by atoms with Crippen LogP contribution >= 0.6 is 11.3 Å². The molecule has 220 valence electrons. The normalized spacial score (nSPS) is 17.8. The molecule has 1 aliphatic rings. The lowest BCUT2D eigenvalue weighted by atomic mass is 10.0. The predicted molar refractivity (Wildman–Crippen MR) is 167 cm³/mol. The van der Waals surface area contributed by atoms with Gasteiger partial charge in [-0.3, -0.25) is 4.79 Å². The number of ether oxygens (including phenoxy) is 1. The molecule has 0 aliphatic carbocycles. The van der Waals surface area contributed by atoms with Crippen LogP contribution in [0, 0.1) is 11.6 Å². The number of thiazole rings is 1. The fourth-order valence-electron chi connectivity index (χ4n) is 6.05. The number of halogens is 2. The Balaban J connectivity index is 1.68. The lowest BCUT2D eigenvalue weighted by Gasteiger charge is -2.43. The Labute approximate surface area is 251 Å². The van der Waals surface area contributed by atoms with Crippen molar-refractivity contribution in [2.45, 2.75) is 58.5 Å². The van der Waals surface area contributed by atoms with Gasteiger partial charge >= 0.3 is 0 Å². The van der Waals surface area contributed by atoms with Gasteiger partial charge in [-0.1, -0.05) is 81.4 Å². The van der Waals surface area contributed by atoms with E-state index in [1.165, 1.54) is 12.3 Å². The molecule has 0 spiro atoms. The highest BCUT2D eigenvalue weighted by molar-refractivity contribution is 7.11. The molecule has 1 aliphatic heterocycles. The first-order valence-electron chi connectivity index (χ1n) is 14.1. The summed E-state index contributed by atoms with van der Waals surface area (Å²) in [5.41, 5.74) is 0.188. The SMILES string of the molecule is C[C@@H]1CN(c2c(CO[Si](c3ccccc3)(c3ccccc3)C(C)(C)C)cc(C(=O)c3nccs3)c(F)c2F)C[C@@H](C)O1. The number of anilines is 1. The molecule has 0 bridgehead atoms. The number of aromatic nitrogens is 1. The summed E-state index contributed by atoms with van der Waals surface area (Å²) in [5.74, 6) is -2.88. The largest absolute Gasteiger partial charge is 0.403 e. The molecular weight excluding hydrogens is 571 g/mol. The minimum atomic E-state index is -3.01. The highest BCUT2D eigenvalue weighted by atomic mass is 32.1. The summed E-state index contributed by atoms with van der Waals surface area (Å²) in [4.78, 5) is 19.2. The van der Waals surface area contributed by atoms with Gasteiger partial charge in [-0.25, -0.2) is 13.8 Å². The summed E-state index contributed by atoms with van der Waals surface area (Å²) >= 11 is 1.09. The van der Waals surface area contributed by atoms with Crippen molar-refractivity contribution in [1.29, 1.82) is 0 Å². The molecule has 0 N–H and O–H groups in total. The molecule has 42 heavy (non-hydrogen) atoms. The number of hydrogen-bond acceptors (Lipinski definition) is 6. The molecule has 5 nitrogen and oxygen atoms in total. The van der Waals surface area contributed by atoms with Gasteiger partial charge in [0.2, 0.25) is 5.78 Å². The van der Waals surface area contributed by atoms with Crippen LogP contribution in [0.2, 0.25) is 5.04 Å². The Morgan fingerprint density at radius 2 is 1.57 bits per heavy atom. The maximum atomic E-state index is 16.2. The van der Waals surface area contributed by atoms with Gasteiger partial charge in [-0.2, -0.15) is 0 Å². The van der Waals surface area contributed by atoms with Gasteiger partial charge in [-0.15, -0.1) is 11.3 Å². The molecule has 2 heterocycles. The summed E-state index contributed by atoms with van der Waals surface area (Å²) in [7, 11) is -3.01. The predicted octanol–water partition coefficient (Wildman–Crippen LogP) is 6.34. The van der Waals surface area contributed by atoms with Gasteiger partial charge in [0.15, 0.2) is 16.6 Å². The van der Waals surface area contributed by atoms with Crippen molar-refractivity contribution in [2.75, 3.05) is 18.0 Å². The first-order valence-corrected chi connectivity index (χ1v) is 16.9. The molecule has 4 aromatic rings. The number of morpholine rings is 1. The van der Waals surface area contributed by atoms with Crippen LogP contribution in [-0.2, 0) is 15.8 Å². The summed E-state index contributed by atoms with van der Waals surface area (Å²) in [6.45, 7) is 11.1. The van der Waals surface area contributed by atoms with Gasteiger partial charge < -0.3 is 14.1 Å². The lowest BCUT2D eigenvalue weighted by molar-refractivity contribution is -0.00553. The Hall–Kier alpha value is -3.24. The molecule has 5 rings (SSSR count). The Morgan fingerprint density at radius 3 is 2.07 bits per heavy atom. The summed E-state index contributed by atoms with van der Waals surface area (Å²) < 4.78 is 44.9. The topological polar surface area (TPSA) is 51.7 Å². The van der Waals surface area contributed by atoms with Crippen molar-refractivity contribution in [3.8, 4) is 0 Å². The van der Waals surface area contributed by atoms with Crippen LogP contribution in [0.25, 0.3) is 0 Å². The number of benzene rings is 3. The van der Waals surface area contributed by atoms with E-state index in [2.05, 4.69) is 50.0 Å². The smallest absolute Gasteiger partial charge is 0.261 e. The molecule has 1 saturated heterocycles. The summed E-state index contributed by atoms with van der Waals surface area (Å²) in [5, 5.41) is 3.56. The summed E-state index contributed by atoms with van der Waals surface area (Å²) in [6, 6.07) is 21.7. The Morgan fingerprint density at radius 1 is 1.00 bits per heavy atom.